The van der Waals surface area contributed by atoms with E-state index in [1.165, 1.54) is 7.11 Å². The maximum atomic E-state index is 12.5. The summed E-state index contributed by atoms with van der Waals surface area (Å²) in [5, 5.41) is 11.0. The first-order valence-corrected chi connectivity index (χ1v) is 9.84. The van der Waals surface area contributed by atoms with Gasteiger partial charge >= 0.3 is 5.97 Å². The van der Waals surface area contributed by atoms with E-state index in [0.29, 0.717) is 44.5 Å². The molecule has 6 nitrogen and oxygen atoms in total. The van der Waals surface area contributed by atoms with Crippen molar-refractivity contribution in [1.29, 1.82) is 0 Å². The molecule has 29 heavy (non-hydrogen) atoms. The molecule has 154 valence electrons. The quantitative estimate of drug-likeness (QED) is 0.760. The number of methoxy groups -OCH3 is 1. The molecule has 0 atom stereocenters. The Balaban J connectivity index is 1.53. The fourth-order valence-electron chi connectivity index (χ4n) is 3.72. The van der Waals surface area contributed by atoms with E-state index in [9.17, 15) is 14.7 Å². The lowest BCUT2D eigenvalue weighted by Crippen LogP contribution is -2.52. The van der Waals surface area contributed by atoms with Gasteiger partial charge in [0.25, 0.3) is 0 Å². The van der Waals surface area contributed by atoms with Crippen molar-refractivity contribution in [2.75, 3.05) is 38.7 Å². The Morgan fingerprint density at radius 1 is 1.07 bits per heavy atom. The average molecular weight is 396 g/mol. The van der Waals surface area contributed by atoms with Crippen LogP contribution in [0.4, 0.5) is 5.69 Å². The van der Waals surface area contributed by atoms with Gasteiger partial charge in [-0.05, 0) is 42.7 Å². The smallest absolute Gasteiger partial charge is 0.337 e. The summed E-state index contributed by atoms with van der Waals surface area (Å²) >= 11 is 0. The third-order valence-electron chi connectivity index (χ3n) is 5.51. The second-order valence-corrected chi connectivity index (χ2v) is 7.66. The van der Waals surface area contributed by atoms with E-state index in [1.807, 2.05) is 59.3 Å². The minimum atomic E-state index is -0.848. The SMILES string of the molecule is COC(=O)c1ccc(N(C)CC2(O)CCN(C(=O)Cc3ccccc3)CC2)cc1. The standard InChI is InChI=1S/C23H28N2O4/c1-24(20-10-8-19(9-11-20)22(27)29-2)17-23(28)12-14-25(15-13-23)21(26)16-18-6-4-3-5-7-18/h3-11,28H,12-17H2,1-2H3. The Labute approximate surface area is 171 Å². The fraction of sp³-hybridized carbons (Fsp3) is 0.391. The molecular formula is C23H28N2O4. The van der Waals surface area contributed by atoms with Gasteiger partial charge in [0.05, 0.1) is 24.7 Å². The third-order valence-corrected chi connectivity index (χ3v) is 5.51. The zero-order valence-corrected chi connectivity index (χ0v) is 17.0. The van der Waals surface area contributed by atoms with E-state index in [0.717, 1.165) is 11.3 Å². The number of amides is 1. The summed E-state index contributed by atoms with van der Waals surface area (Å²) in [5.74, 6) is -0.268. The second kappa shape index (κ2) is 9.09. The highest BCUT2D eigenvalue weighted by Crippen LogP contribution is 2.26. The van der Waals surface area contributed by atoms with Crippen molar-refractivity contribution < 1.29 is 19.4 Å². The number of likely N-dealkylation sites (N-methyl/N-ethyl adjacent to an activating group) is 1. The molecule has 1 heterocycles. The van der Waals surface area contributed by atoms with Gasteiger partial charge in [0.2, 0.25) is 5.91 Å². The molecule has 1 amide bonds. The molecule has 0 bridgehead atoms. The molecule has 1 aliphatic rings. The van der Waals surface area contributed by atoms with Crippen LogP contribution >= 0.6 is 0 Å². The number of ether oxygens (including phenoxy) is 1. The van der Waals surface area contributed by atoms with Crippen LogP contribution in [0.5, 0.6) is 0 Å². The van der Waals surface area contributed by atoms with Gasteiger partial charge < -0.3 is 19.6 Å². The molecule has 0 spiro atoms. The summed E-state index contributed by atoms with van der Waals surface area (Å²) in [4.78, 5) is 27.9. The molecule has 0 radical (unpaired) electrons. The molecule has 1 aliphatic heterocycles. The molecule has 6 heteroatoms. The van der Waals surface area contributed by atoms with Crippen LogP contribution in [0.15, 0.2) is 54.6 Å². The van der Waals surface area contributed by atoms with Gasteiger partial charge in [-0.1, -0.05) is 30.3 Å². The number of hydrogen-bond acceptors (Lipinski definition) is 5. The largest absolute Gasteiger partial charge is 0.465 e. The summed E-state index contributed by atoms with van der Waals surface area (Å²) in [7, 11) is 3.27. The van der Waals surface area contributed by atoms with Crippen molar-refractivity contribution in [3.63, 3.8) is 0 Å². The molecule has 3 rings (SSSR count). The minimum Gasteiger partial charge on any atom is -0.465 e. The molecule has 2 aromatic rings. The van der Waals surface area contributed by atoms with E-state index in [2.05, 4.69) is 0 Å². The Morgan fingerprint density at radius 2 is 1.69 bits per heavy atom. The van der Waals surface area contributed by atoms with Crippen LogP contribution < -0.4 is 4.90 Å². The van der Waals surface area contributed by atoms with Crippen LogP contribution in [-0.2, 0) is 16.0 Å². The van der Waals surface area contributed by atoms with Crippen molar-refractivity contribution in [2.45, 2.75) is 24.9 Å². The number of likely N-dealkylation sites (tertiary alicyclic amines) is 1. The molecule has 1 saturated heterocycles. The van der Waals surface area contributed by atoms with Gasteiger partial charge in [0.1, 0.15) is 0 Å². The van der Waals surface area contributed by atoms with Crippen LogP contribution in [0.3, 0.4) is 0 Å². The lowest BCUT2D eigenvalue weighted by molar-refractivity contribution is -0.134. The molecule has 1 fully saturated rings. The Bertz CT molecular complexity index is 828. The van der Waals surface area contributed by atoms with Gasteiger partial charge in [0, 0.05) is 32.4 Å². The predicted molar refractivity (Wildman–Crippen MR) is 112 cm³/mol. The average Bonchev–Trinajstić information content (AvgIpc) is 2.74. The number of piperidine rings is 1. The van der Waals surface area contributed by atoms with Gasteiger partial charge in [-0.2, -0.15) is 0 Å². The fourth-order valence-corrected chi connectivity index (χ4v) is 3.72. The Hall–Kier alpha value is -2.86. The van der Waals surface area contributed by atoms with Gasteiger partial charge in [0.15, 0.2) is 0 Å². The number of hydrogen-bond donors (Lipinski definition) is 1. The van der Waals surface area contributed by atoms with Crippen molar-refractivity contribution in [3.05, 3.63) is 65.7 Å². The van der Waals surface area contributed by atoms with E-state index in [-0.39, 0.29) is 11.9 Å². The van der Waals surface area contributed by atoms with Crippen LogP contribution in [0.2, 0.25) is 0 Å². The first kappa shape index (κ1) is 20.9. The van der Waals surface area contributed by atoms with E-state index in [4.69, 9.17) is 4.74 Å². The maximum Gasteiger partial charge on any atom is 0.337 e. The van der Waals surface area contributed by atoms with E-state index >= 15 is 0 Å². The van der Waals surface area contributed by atoms with Crippen molar-refractivity contribution in [3.8, 4) is 0 Å². The third kappa shape index (κ3) is 5.35. The molecule has 0 aromatic heterocycles. The van der Waals surface area contributed by atoms with Gasteiger partial charge in [-0.15, -0.1) is 0 Å². The summed E-state index contributed by atoms with van der Waals surface area (Å²) < 4.78 is 4.72. The van der Waals surface area contributed by atoms with Crippen LogP contribution in [-0.4, -0.2) is 61.3 Å². The molecule has 0 unspecified atom stereocenters. The van der Waals surface area contributed by atoms with E-state index < -0.39 is 5.60 Å². The molecule has 0 aliphatic carbocycles. The predicted octanol–water partition coefficient (Wildman–Crippen LogP) is 2.51. The van der Waals surface area contributed by atoms with Crippen LogP contribution in [0.25, 0.3) is 0 Å². The number of aliphatic hydroxyl groups is 1. The second-order valence-electron chi connectivity index (χ2n) is 7.66. The number of rotatable bonds is 6. The van der Waals surface area contributed by atoms with Gasteiger partial charge in [-0.3, -0.25) is 4.79 Å². The number of benzene rings is 2. The number of carbonyl (C=O) groups excluding carboxylic acids is 2. The normalized spacial score (nSPS) is 15.6. The summed E-state index contributed by atoms with van der Waals surface area (Å²) in [6.07, 6.45) is 1.47. The summed E-state index contributed by atoms with van der Waals surface area (Å²) in [6.45, 7) is 1.57. The summed E-state index contributed by atoms with van der Waals surface area (Å²) in [5.41, 5.74) is 1.56. The monoisotopic (exact) mass is 396 g/mol. The highest BCUT2D eigenvalue weighted by molar-refractivity contribution is 5.89. The maximum absolute atomic E-state index is 12.5. The number of nitrogens with zero attached hydrogens (tertiary/aromatic N) is 2. The van der Waals surface area contributed by atoms with Gasteiger partial charge in [-0.25, -0.2) is 4.79 Å². The lowest BCUT2D eigenvalue weighted by Gasteiger charge is -2.40. The number of esters is 1. The summed E-state index contributed by atoms with van der Waals surface area (Å²) in [6, 6.07) is 16.8. The highest BCUT2D eigenvalue weighted by atomic mass is 16.5. The topological polar surface area (TPSA) is 70.1 Å². The zero-order chi connectivity index (χ0) is 20.9. The zero-order valence-electron chi connectivity index (χ0n) is 17.0. The molecule has 1 N–H and O–H groups in total. The van der Waals surface area contributed by atoms with Crippen molar-refractivity contribution >= 4 is 17.6 Å². The highest BCUT2D eigenvalue weighted by Gasteiger charge is 2.35. The number of anilines is 1. The molecule has 0 saturated carbocycles. The van der Waals surface area contributed by atoms with Crippen molar-refractivity contribution in [2.24, 2.45) is 0 Å². The molecular weight excluding hydrogens is 368 g/mol. The van der Waals surface area contributed by atoms with Crippen LogP contribution in [0.1, 0.15) is 28.8 Å². The van der Waals surface area contributed by atoms with E-state index in [1.54, 1.807) is 12.1 Å². The minimum absolute atomic E-state index is 0.102. The lowest BCUT2D eigenvalue weighted by atomic mass is 9.90. The Morgan fingerprint density at radius 3 is 2.28 bits per heavy atom. The van der Waals surface area contributed by atoms with Crippen LogP contribution in [0, 0.1) is 0 Å². The number of carbonyl (C=O) groups is 2. The Kier molecular flexibility index (Phi) is 6.54. The first-order chi connectivity index (χ1) is 13.9. The first-order valence-electron chi connectivity index (χ1n) is 9.84. The molecule has 2 aromatic carbocycles. The van der Waals surface area contributed by atoms with Crippen molar-refractivity contribution in [1.82, 2.24) is 4.90 Å².